The molecule has 1 fully saturated rings. The van der Waals surface area contributed by atoms with Gasteiger partial charge in [-0.25, -0.2) is 0 Å². The van der Waals surface area contributed by atoms with Gasteiger partial charge in [0.2, 0.25) is 0 Å². The first-order chi connectivity index (χ1) is 9.54. The number of ether oxygens (including phenoxy) is 1. The molecule has 1 saturated heterocycles. The van der Waals surface area contributed by atoms with Crippen LogP contribution in [0.25, 0.3) is 0 Å². The van der Waals surface area contributed by atoms with Crippen LogP contribution in [-0.4, -0.2) is 46.3 Å². The van der Waals surface area contributed by atoms with Gasteiger partial charge in [0.15, 0.2) is 0 Å². The zero-order chi connectivity index (χ0) is 14.6. The first kappa shape index (κ1) is 15.5. The van der Waals surface area contributed by atoms with Gasteiger partial charge in [0, 0.05) is 31.2 Å². The van der Waals surface area contributed by atoms with E-state index < -0.39 is 5.60 Å². The van der Waals surface area contributed by atoms with Crippen LogP contribution in [-0.2, 0) is 24.1 Å². The summed E-state index contributed by atoms with van der Waals surface area (Å²) in [5.74, 6) is 0. The summed E-state index contributed by atoms with van der Waals surface area (Å²) in [6.45, 7) is 9.25. The van der Waals surface area contributed by atoms with E-state index in [1.54, 1.807) is 0 Å². The highest BCUT2D eigenvalue weighted by Gasteiger charge is 2.28. The van der Waals surface area contributed by atoms with Crippen molar-refractivity contribution in [3.63, 3.8) is 0 Å². The molecule has 0 aromatic carbocycles. The van der Waals surface area contributed by atoms with Gasteiger partial charge in [-0.3, -0.25) is 4.68 Å². The second kappa shape index (κ2) is 6.70. The largest absolute Gasteiger partial charge is 0.390 e. The molecule has 2 rings (SSSR count). The number of aliphatic hydroxyl groups is 1. The van der Waals surface area contributed by atoms with Crippen molar-refractivity contribution in [3.05, 3.63) is 17.5 Å². The Balaban J connectivity index is 2.00. The van der Waals surface area contributed by atoms with E-state index in [1.807, 2.05) is 11.6 Å². The van der Waals surface area contributed by atoms with E-state index in [2.05, 4.69) is 30.3 Å². The van der Waals surface area contributed by atoms with Crippen LogP contribution in [0, 0.1) is 0 Å². The molecule has 1 aliphatic rings. The monoisotopic (exact) mass is 281 g/mol. The molecule has 0 radical (unpaired) electrons. The summed E-state index contributed by atoms with van der Waals surface area (Å²) >= 11 is 0. The third kappa shape index (κ3) is 4.04. The SMILES string of the molecule is CCc1cc(CC(C)(O)CC2COCCN2)n(CC)n1. The molecule has 2 heterocycles. The van der Waals surface area contributed by atoms with Crippen molar-refractivity contribution in [2.75, 3.05) is 19.8 Å². The van der Waals surface area contributed by atoms with E-state index in [-0.39, 0.29) is 6.04 Å². The predicted molar refractivity (Wildman–Crippen MR) is 78.8 cm³/mol. The molecule has 2 N–H and O–H groups in total. The molecule has 0 saturated carbocycles. The Morgan fingerprint density at radius 1 is 1.55 bits per heavy atom. The van der Waals surface area contributed by atoms with E-state index >= 15 is 0 Å². The van der Waals surface area contributed by atoms with Gasteiger partial charge in [0.25, 0.3) is 0 Å². The molecule has 0 spiro atoms. The summed E-state index contributed by atoms with van der Waals surface area (Å²) in [5, 5.41) is 18.6. The lowest BCUT2D eigenvalue weighted by Crippen LogP contribution is -2.46. The smallest absolute Gasteiger partial charge is 0.0690 e. The summed E-state index contributed by atoms with van der Waals surface area (Å²) in [5.41, 5.74) is 1.47. The first-order valence-electron chi connectivity index (χ1n) is 7.63. The van der Waals surface area contributed by atoms with E-state index in [4.69, 9.17) is 4.74 Å². The number of hydrogen-bond acceptors (Lipinski definition) is 4. The molecule has 0 bridgehead atoms. The fourth-order valence-corrected chi connectivity index (χ4v) is 2.85. The van der Waals surface area contributed by atoms with Crippen LogP contribution in [0.2, 0.25) is 0 Å². The molecular formula is C15H27N3O2. The molecule has 5 heteroatoms. The van der Waals surface area contributed by atoms with E-state index in [0.717, 1.165) is 37.5 Å². The normalized spacial score (nSPS) is 22.7. The highest BCUT2D eigenvalue weighted by atomic mass is 16.5. The standard InChI is InChI=1S/C15H27N3O2/c1-4-12-8-14(18(5-2)17-12)10-15(3,19)9-13-11-20-7-6-16-13/h8,13,16,19H,4-7,9-11H2,1-3H3. The molecule has 114 valence electrons. The maximum absolute atomic E-state index is 10.7. The Kier molecular flexibility index (Phi) is 5.18. The number of hydrogen-bond donors (Lipinski definition) is 2. The van der Waals surface area contributed by atoms with Crippen LogP contribution < -0.4 is 5.32 Å². The highest BCUT2D eigenvalue weighted by molar-refractivity contribution is 5.13. The third-order valence-electron chi connectivity index (χ3n) is 3.82. The van der Waals surface area contributed by atoms with Crippen LogP contribution >= 0.6 is 0 Å². The van der Waals surface area contributed by atoms with Gasteiger partial charge < -0.3 is 15.2 Å². The van der Waals surface area contributed by atoms with Gasteiger partial charge in [-0.15, -0.1) is 0 Å². The molecule has 2 atom stereocenters. The molecule has 1 aromatic heterocycles. The number of morpholine rings is 1. The Labute approximate surface area is 121 Å². The Morgan fingerprint density at radius 3 is 2.95 bits per heavy atom. The number of nitrogens with one attached hydrogen (secondary N) is 1. The van der Waals surface area contributed by atoms with Gasteiger partial charge >= 0.3 is 0 Å². The van der Waals surface area contributed by atoms with Gasteiger partial charge in [-0.1, -0.05) is 6.92 Å². The van der Waals surface area contributed by atoms with Crippen molar-refractivity contribution >= 4 is 0 Å². The van der Waals surface area contributed by atoms with Gasteiger partial charge in [-0.2, -0.15) is 5.10 Å². The summed E-state index contributed by atoms with van der Waals surface area (Å²) in [7, 11) is 0. The molecule has 1 aromatic rings. The van der Waals surface area contributed by atoms with Crippen molar-refractivity contribution in [2.24, 2.45) is 0 Å². The van der Waals surface area contributed by atoms with E-state index in [0.29, 0.717) is 19.4 Å². The van der Waals surface area contributed by atoms with Gasteiger partial charge in [0.05, 0.1) is 24.5 Å². The van der Waals surface area contributed by atoms with Crippen LogP contribution in [0.5, 0.6) is 0 Å². The second-order valence-corrected chi connectivity index (χ2v) is 5.90. The fraction of sp³-hybridized carbons (Fsp3) is 0.800. The molecule has 1 aliphatic heterocycles. The number of rotatable bonds is 6. The van der Waals surface area contributed by atoms with Crippen molar-refractivity contribution in [3.8, 4) is 0 Å². The average Bonchev–Trinajstić information content (AvgIpc) is 2.80. The minimum Gasteiger partial charge on any atom is -0.390 e. The number of aromatic nitrogens is 2. The molecule has 5 nitrogen and oxygen atoms in total. The quantitative estimate of drug-likeness (QED) is 0.821. The van der Waals surface area contributed by atoms with E-state index in [1.165, 1.54) is 0 Å². The summed E-state index contributed by atoms with van der Waals surface area (Å²) < 4.78 is 7.45. The van der Waals surface area contributed by atoms with Gasteiger partial charge in [-0.05, 0) is 32.8 Å². The Bertz CT molecular complexity index is 423. The minimum absolute atomic E-state index is 0.238. The van der Waals surface area contributed by atoms with Gasteiger partial charge in [0.1, 0.15) is 0 Å². The van der Waals surface area contributed by atoms with Crippen LogP contribution in [0.15, 0.2) is 6.07 Å². The van der Waals surface area contributed by atoms with E-state index in [9.17, 15) is 5.11 Å². The third-order valence-corrected chi connectivity index (χ3v) is 3.82. The molecule has 2 unspecified atom stereocenters. The second-order valence-electron chi connectivity index (χ2n) is 5.90. The van der Waals surface area contributed by atoms with Crippen molar-refractivity contribution < 1.29 is 9.84 Å². The maximum Gasteiger partial charge on any atom is 0.0690 e. The molecule has 20 heavy (non-hydrogen) atoms. The predicted octanol–water partition coefficient (Wildman–Crippen LogP) is 1.14. The summed E-state index contributed by atoms with van der Waals surface area (Å²) in [6.07, 6.45) is 2.26. The number of aryl methyl sites for hydroxylation is 2. The summed E-state index contributed by atoms with van der Waals surface area (Å²) in [4.78, 5) is 0. The van der Waals surface area contributed by atoms with Crippen LogP contribution in [0.3, 0.4) is 0 Å². The van der Waals surface area contributed by atoms with Crippen LogP contribution in [0.4, 0.5) is 0 Å². The van der Waals surface area contributed by atoms with Crippen LogP contribution in [0.1, 0.15) is 38.6 Å². The lowest BCUT2D eigenvalue weighted by Gasteiger charge is -2.31. The van der Waals surface area contributed by atoms with Crippen molar-refractivity contribution in [1.82, 2.24) is 15.1 Å². The molecule has 0 aliphatic carbocycles. The Morgan fingerprint density at radius 2 is 2.35 bits per heavy atom. The average molecular weight is 281 g/mol. The van der Waals surface area contributed by atoms with Crippen molar-refractivity contribution in [1.29, 1.82) is 0 Å². The zero-order valence-electron chi connectivity index (χ0n) is 12.9. The van der Waals surface area contributed by atoms with Crippen molar-refractivity contribution in [2.45, 2.75) is 58.2 Å². The lowest BCUT2D eigenvalue weighted by atomic mass is 9.91. The summed E-state index contributed by atoms with van der Waals surface area (Å²) in [6, 6.07) is 2.35. The number of nitrogens with zero attached hydrogens (tertiary/aromatic N) is 2. The topological polar surface area (TPSA) is 59.3 Å². The molecule has 0 amide bonds. The zero-order valence-corrected chi connectivity index (χ0v) is 12.9. The highest BCUT2D eigenvalue weighted by Crippen LogP contribution is 2.21. The molecular weight excluding hydrogens is 254 g/mol. The Hall–Kier alpha value is -0.910. The lowest BCUT2D eigenvalue weighted by molar-refractivity contribution is 0.00539. The minimum atomic E-state index is -0.740. The first-order valence-corrected chi connectivity index (χ1v) is 7.63. The maximum atomic E-state index is 10.7. The fourth-order valence-electron chi connectivity index (χ4n) is 2.85.